The fourth-order valence-electron chi connectivity index (χ4n) is 5.31. The van der Waals surface area contributed by atoms with Crippen LogP contribution in [0.5, 0.6) is 0 Å². The van der Waals surface area contributed by atoms with Gasteiger partial charge in [-0.2, -0.15) is 0 Å². The van der Waals surface area contributed by atoms with Crippen LogP contribution in [-0.4, -0.2) is 97.4 Å². The Balaban J connectivity index is 1.80. The SMILES string of the molecule is COC1C(O)(OC)CCN(CN2CCCCC2)C1(C)CN1CCCCC1. The molecule has 0 aliphatic carbocycles. The van der Waals surface area contributed by atoms with Crippen LogP contribution in [0.15, 0.2) is 0 Å². The summed E-state index contributed by atoms with van der Waals surface area (Å²) >= 11 is 0. The molecule has 0 spiro atoms. The average Bonchev–Trinajstić information content (AvgIpc) is 2.66. The van der Waals surface area contributed by atoms with Gasteiger partial charge in [0.05, 0.1) is 12.2 Å². The molecule has 1 N–H and O–H groups in total. The van der Waals surface area contributed by atoms with Crippen LogP contribution in [0.25, 0.3) is 0 Å². The second-order valence-electron chi connectivity index (χ2n) is 8.69. The molecule has 0 aromatic heterocycles. The number of ether oxygens (including phenoxy) is 2. The summed E-state index contributed by atoms with van der Waals surface area (Å²) < 4.78 is 11.5. The third-order valence-electron chi connectivity index (χ3n) is 6.84. The summed E-state index contributed by atoms with van der Waals surface area (Å²) in [7, 11) is 3.32. The summed E-state index contributed by atoms with van der Waals surface area (Å²) in [6.45, 7) is 9.65. The number of methoxy groups -OCH3 is 2. The molecule has 0 amide bonds. The molecule has 152 valence electrons. The lowest BCUT2D eigenvalue weighted by Gasteiger charge is -2.57. The van der Waals surface area contributed by atoms with Crippen LogP contribution in [0.1, 0.15) is 51.9 Å². The van der Waals surface area contributed by atoms with Gasteiger partial charge in [-0.25, -0.2) is 0 Å². The molecule has 0 radical (unpaired) electrons. The third kappa shape index (κ3) is 4.26. The largest absolute Gasteiger partial charge is 0.374 e. The van der Waals surface area contributed by atoms with Gasteiger partial charge in [0.1, 0.15) is 6.10 Å². The van der Waals surface area contributed by atoms with Gasteiger partial charge in [-0.05, 0) is 58.8 Å². The van der Waals surface area contributed by atoms with Crippen LogP contribution in [0.2, 0.25) is 0 Å². The summed E-state index contributed by atoms with van der Waals surface area (Å²) in [6, 6.07) is 0. The molecular weight excluding hydrogens is 330 g/mol. The van der Waals surface area contributed by atoms with Crippen LogP contribution in [-0.2, 0) is 9.47 Å². The van der Waals surface area contributed by atoms with Crippen LogP contribution in [0.4, 0.5) is 0 Å². The number of piperidine rings is 3. The Bertz CT molecular complexity index is 440. The maximum Gasteiger partial charge on any atom is 0.195 e. The Labute approximate surface area is 159 Å². The molecule has 3 atom stereocenters. The molecule has 0 aromatic rings. The first-order valence-electron chi connectivity index (χ1n) is 10.5. The molecule has 3 heterocycles. The van der Waals surface area contributed by atoms with Crippen LogP contribution < -0.4 is 0 Å². The number of likely N-dealkylation sites (tertiary alicyclic amines) is 3. The van der Waals surface area contributed by atoms with E-state index in [1.807, 2.05) is 0 Å². The van der Waals surface area contributed by atoms with E-state index < -0.39 is 5.79 Å². The van der Waals surface area contributed by atoms with Gasteiger partial charge in [-0.3, -0.25) is 9.80 Å². The Morgan fingerprint density at radius 3 is 2.00 bits per heavy atom. The summed E-state index contributed by atoms with van der Waals surface area (Å²) in [5, 5.41) is 11.1. The molecule has 0 aromatic carbocycles. The zero-order valence-electron chi connectivity index (χ0n) is 17.1. The van der Waals surface area contributed by atoms with E-state index in [9.17, 15) is 5.11 Å². The normalized spacial score (nSPS) is 38.5. The van der Waals surface area contributed by atoms with Crippen molar-refractivity contribution in [2.75, 3.05) is 60.2 Å². The van der Waals surface area contributed by atoms with E-state index >= 15 is 0 Å². The molecule has 3 aliphatic heterocycles. The highest BCUT2D eigenvalue weighted by atomic mass is 16.6. The standard InChI is InChI=1S/C20H39N3O3/c1-19(16-21-11-6-4-7-12-21)18(25-2)20(24,26-3)10-15-23(19)17-22-13-8-5-9-14-22/h18,24H,4-17H2,1-3H3. The fraction of sp³-hybridized carbons (Fsp3) is 1.00. The monoisotopic (exact) mass is 369 g/mol. The van der Waals surface area contributed by atoms with Gasteiger partial charge in [0.2, 0.25) is 0 Å². The predicted molar refractivity (Wildman–Crippen MR) is 103 cm³/mol. The highest BCUT2D eigenvalue weighted by Gasteiger charge is 2.56. The molecule has 3 aliphatic rings. The van der Waals surface area contributed by atoms with E-state index in [0.29, 0.717) is 6.42 Å². The van der Waals surface area contributed by atoms with Crippen LogP contribution in [0, 0.1) is 0 Å². The van der Waals surface area contributed by atoms with Gasteiger partial charge >= 0.3 is 0 Å². The summed E-state index contributed by atoms with van der Waals surface area (Å²) in [4.78, 5) is 7.68. The summed E-state index contributed by atoms with van der Waals surface area (Å²) in [6.07, 6.45) is 8.06. The Morgan fingerprint density at radius 2 is 1.46 bits per heavy atom. The van der Waals surface area contributed by atoms with Gasteiger partial charge < -0.3 is 19.5 Å². The van der Waals surface area contributed by atoms with Gasteiger partial charge in [-0.1, -0.05) is 12.8 Å². The molecular formula is C20H39N3O3. The zero-order valence-corrected chi connectivity index (χ0v) is 17.1. The maximum atomic E-state index is 11.1. The zero-order chi connectivity index (χ0) is 18.6. The Morgan fingerprint density at radius 1 is 0.885 bits per heavy atom. The molecule has 0 saturated carbocycles. The summed E-state index contributed by atoms with van der Waals surface area (Å²) in [5.74, 6) is -1.21. The Hall–Kier alpha value is -0.240. The quantitative estimate of drug-likeness (QED) is 0.720. The first-order chi connectivity index (χ1) is 12.5. The molecule has 6 heteroatoms. The first-order valence-corrected chi connectivity index (χ1v) is 10.5. The second kappa shape index (κ2) is 8.84. The number of hydrogen-bond donors (Lipinski definition) is 1. The molecule has 6 nitrogen and oxygen atoms in total. The molecule has 0 bridgehead atoms. The van der Waals surface area contributed by atoms with Crippen molar-refractivity contribution < 1.29 is 14.6 Å². The molecule has 3 fully saturated rings. The van der Waals surface area contributed by atoms with E-state index in [-0.39, 0.29) is 11.6 Å². The predicted octanol–water partition coefficient (Wildman–Crippen LogP) is 1.73. The third-order valence-corrected chi connectivity index (χ3v) is 6.84. The highest BCUT2D eigenvalue weighted by molar-refractivity contribution is 5.06. The van der Waals surface area contributed by atoms with Gasteiger partial charge in [-0.15, -0.1) is 0 Å². The van der Waals surface area contributed by atoms with E-state index in [1.165, 1.54) is 51.6 Å². The van der Waals surface area contributed by atoms with E-state index in [1.54, 1.807) is 14.2 Å². The lowest BCUT2D eigenvalue weighted by molar-refractivity contribution is -0.305. The topological polar surface area (TPSA) is 48.4 Å². The number of aliphatic hydroxyl groups is 1. The highest BCUT2D eigenvalue weighted by Crippen LogP contribution is 2.38. The number of nitrogens with zero attached hydrogens (tertiary/aromatic N) is 3. The van der Waals surface area contributed by atoms with Crippen molar-refractivity contribution in [3.63, 3.8) is 0 Å². The van der Waals surface area contributed by atoms with Gasteiger partial charge in [0.25, 0.3) is 0 Å². The molecule has 3 unspecified atom stereocenters. The lowest BCUT2D eigenvalue weighted by Crippen LogP contribution is -2.73. The van der Waals surface area contributed by atoms with Crippen molar-refractivity contribution in [2.24, 2.45) is 0 Å². The molecule has 26 heavy (non-hydrogen) atoms. The van der Waals surface area contributed by atoms with Crippen molar-refractivity contribution in [3.05, 3.63) is 0 Å². The summed E-state index contributed by atoms with van der Waals surface area (Å²) in [5.41, 5.74) is -0.271. The van der Waals surface area contributed by atoms with E-state index in [2.05, 4.69) is 21.6 Å². The van der Waals surface area contributed by atoms with Crippen molar-refractivity contribution in [3.8, 4) is 0 Å². The Kier molecular flexibility index (Phi) is 6.97. The van der Waals surface area contributed by atoms with Gasteiger partial charge in [0, 0.05) is 33.7 Å². The first kappa shape index (κ1) is 20.5. The smallest absolute Gasteiger partial charge is 0.195 e. The van der Waals surface area contributed by atoms with E-state index in [0.717, 1.165) is 32.8 Å². The van der Waals surface area contributed by atoms with Crippen LogP contribution >= 0.6 is 0 Å². The number of hydrogen-bond acceptors (Lipinski definition) is 6. The maximum absolute atomic E-state index is 11.1. The second-order valence-corrected chi connectivity index (χ2v) is 8.69. The fourth-order valence-corrected chi connectivity index (χ4v) is 5.31. The number of rotatable bonds is 6. The van der Waals surface area contributed by atoms with Crippen molar-refractivity contribution in [1.82, 2.24) is 14.7 Å². The minimum absolute atomic E-state index is 0.271. The minimum Gasteiger partial charge on any atom is -0.374 e. The van der Waals surface area contributed by atoms with E-state index in [4.69, 9.17) is 9.47 Å². The van der Waals surface area contributed by atoms with Crippen LogP contribution in [0.3, 0.4) is 0 Å². The minimum atomic E-state index is -1.21. The van der Waals surface area contributed by atoms with Gasteiger partial charge in [0.15, 0.2) is 5.79 Å². The molecule has 3 saturated heterocycles. The van der Waals surface area contributed by atoms with Crippen molar-refractivity contribution >= 4 is 0 Å². The van der Waals surface area contributed by atoms with Crippen molar-refractivity contribution in [1.29, 1.82) is 0 Å². The van der Waals surface area contributed by atoms with Crippen molar-refractivity contribution in [2.45, 2.75) is 69.3 Å². The molecule has 3 rings (SSSR count). The average molecular weight is 370 g/mol. The lowest BCUT2D eigenvalue weighted by atomic mass is 9.80.